The number of oxazole rings is 1. The minimum Gasteiger partial charge on any atom is -0.477 e. The molecule has 0 spiro atoms. The van der Waals surface area contributed by atoms with E-state index < -0.39 is 11.8 Å². The largest absolute Gasteiger partial charge is 0.477 e. The van der Waals surface area contributed by atoms with Gasteiger partial charge in [-0.15, -0.1) is 0 Å². The molecule has 0 amide bonds. The van der Waals surface area contributed by atoms with Crippen LogP contribution in [0.25, 0.3) is 11.5 Å². The van der Waals surface area contributed by atoms with Gasteiger partial charge in [0.05, 0.1) is 18.9 Å². The molecule has 1 aliphatic heterocycles. The second-order valence-corrected chi connectivity index (χ2v) is 7.02. The third kappa shape index (κ3) is 4.14. The van der Waals surface area contributed by atoms with E-state index in [0.29, 0.717) is 19.1 Å². The highest BCUT2D eigenvalue weighted by molar-refractivity contribution is 5.75. The summed E-state index contributed by atoms with van der Waals surface area (Å²) >= 11 is 0. The minimum atomic E-state index is -1.51. The molecule has 1 fully saturated rings. The van der Waals surface area contributed by atoms with Crippen LogP contribution in [0, 0.1) is 19.8 Å². The molecule has 1 aromatic carbocycles. The van der Waals surface area contributed by atoms with Crippen LogP contribution in [0.1, 0.15) is 36.8 Å². The number of aromatic nitrogens is 1. The number of carboxylic acids is 1. The van der Waals surface area contributed by atoms with Crippen LogP contribution >= 0.6 is 0 Å². The molecule has 0 unspecified atom stereocenters. The van der Waals surface area contributed by atoms with E-state index in [1.807, 2.05) is 38.1 Å². The lowest BCUT2D eigenvalue weighted by molar-refractivity contribution is -0.271. The molecule has 0 bridgehead atoms. The second-order valence-electron chi connectivity index (χ2n) is 7.02. The van der Waals surface area contributed by atoms with E-state index in [0.717, 1.165) is 36.3 Å². The number of hydrogen-bond donors (Lipinski definition) is 1. The maximum absolute atomic E-state index is 11.1. The first-order chi connectivity index (χ1) is 12.4. The zero-order valence-electron chi connectivity index (χ0n) is 15.4. The van der Waals surface area contributed by atoms with Gasteiger partial charge in [-0.1, -0.05) is 17.7 Å². The Balaban J connectivity index is 1.51. The number of ether oxygens (including phenoxy) is 2. The molecule has 1 aliphatic rings. The van der Waals surface area contributed by atoms with Crippen LogP contribution in [0.3, 0.4) is 0 Å². The van der Waals surface area contributed by atoms with E-state index in [1.165, 1.54) is 12.5 Å². The predicted octanol–water partition coefficient (Wildman–Crippen LogP) is 3.74. The SMILES string of the molecule is Cc1ccc(-c2nc(CCCC3COC(C)(C(=O)O)OC3)c(C)o2)cc1. The Hall–Kier alpha value is -2.18. The molecule has 0 aliphatic carbocycles. The minimum absolute atomic E-state index is 0.200. The van der Waals surface area contributed by atoms with Crippen molar-refractivity contribution in [2.24, 2.45) is 5.92 Å². The number of rotatable bonds is 6. The molecule has 26 heavy (non-hydrogen) atoms. The summed E-state index contributed by atoms with van der Waals surface area (Å²) < 4.78 is 16.6. The van der Waals surface area contributed by atoms with Crippen LogP contribution in [0.15, 0.2) is 28.7 Å². The lowest BCUT2D eigenvalue weighted by Gasteiger charge is -2.34. The fraction of sp³-hybridized carbons (Fsp3) is 0.500. The van der Waals surface area contributed by atoms with Gasteiger partial charge in [-0.05, 0) is 45.2 Å². The Bertz CT molecular complexity index is 757. The maximum Gasteiger partial charge on any atom is 0.364 e. The predicted molar refractivity (Wildman–Crippen MR) is 95.8 cm³/mol. The van der Waals surface area contributed by atoms with E-state index >= 15 is 0 Å². The fourth-order valence-electron chi connectivity index (χ4n) is 2.97. The number of benzene rings is 1. The Labute approximate surface area is 153 Å². The molecule has 3 rings (SSSR count). The van der Waals surface area contributed by atoms with Gasteiger partial charge in [-0.25, -0.2) is 9.78 Å². The van der Waals surface area contributed by atoms with Crippen molar-refractivity contribution in [2.75, 3.05) is 13.2 Å². The van der Waals surface area contributed by atoms with Gasteiger partial charge in [0, 0.05) is 18.4 Å². The number of carbonyl (C=O) groups is 1. The van der Waals surface area contributed by atoms with Gasteiger partial charge in [-0.2, -0.15) is 0 Å². The molecule has 0 atom stereocenters. The highest BCUT2D eigenvalue weighted by Gasteiger charge is 2.40. The Kier molecular flexibility index (Phi) is 5.44. The van der Waals surface area contributed by atoms with Crippen LogP contribution in [-0.2, 0) is 20.7 Å². The van der Waals surface area contributed by atoms with Crippen molar-refractivity contribution in [2.45, 2.75) is 45.8 Å². The van der Waals surface area contributed by atoms with Gasteiger partial charge in [0.25, 0.3) is 5.79 Å². The van der Waals surface area contributed by atoms with Crippen molar-refractivity contribution in [3.8, 4) is 11.5 Å². The summed E-state index contributed by atoms with van der Waals surface area (Å²) in [6, 6.07) is 8.12. The number of nitrogens with zero attached hydrogens (tertiary/aromatic N) is 1. The van der Waals surface area contributed by atoms with E-state index in [4.69, 9.17) is 19.0 Å². The van der Waals surface area contributed by atoms with Crippen LogP contribution < -0.4 is 0 Å². The lowest BCUT2D eigenvalue weighted by atomic mass is 10.0. The highest BCUT2D eigenvalue weighted by Crippen LogP contribution is 2.26. The number of carboxylic acid groups (broad SMARTS) is 1. The first-order valence-corrected chi connectivity index (χ1v) is 8.92. The molecule has 1 N–H and O–H groups in total. The van der Waals surface area contributed by atoms with Crippen molar-refractivity contribution in [1.82, 2.24) is 4.98 Å². The molecule has 140 valence electrons. The molecule has 0 radical (unpaired) electrons. The molecule has 1 aromatic heterocycles. The number of hydrogen-bond acceptors (Lipinski definition) is 5. The highest BCUT2D eigenvalue weighted by atomic mass is 16.7. The van der Waals surface area contributed by atoms with Crippen molar-refractivity contribution in [3.63, 3.8) is 0 Å². The second kappa shape index (κ2) is 7.60. The number of aliphatic carboxylic acids is 1. The maximum atomic E-state index is 11.1. The topological polar surface area (TPSA) is 81.8 Å². The molecule has 2 heterocycles. The van der Waals surface area contributed by atoms with Gasteiger partial charge in [0.1, 0.15) is 5.76 Å². The summed E-state index contributed by atoms with van der Waals surface area (Å²) in [4.78, 5) is 15.7. The lowest BCUT2D eigenvalue weighted by Crippen LogP contribution is -2.47. The monoisotopic (exact) mass is 359 g/mol. The van der Waals surface area contributed by atoms with Crippen LogP contribution in [-0.4, -0.2) is 35.1 Å². The fourth-order valence-corrected chi connectivity index (χ4v) is 2.97. The molecule has 6 heteroatoms. The summed E-state index contributed by atoms with van der Waals surface area (Å²) in [5.74, 6) is -0.902. The average molecular weight is 359 g/mol. The summed E-state index contributed by atoms with van der Waals surface area (Å²) in [7, 11) is 0. The van der Waals surface area contributed by atoms with E-state index in [9.17, 15) is 4.79 Å². The zero-order valence-corrected chi connectivity index (χ0v) is 15.4. The first kappa shape index (κ1) is 18.6. The molecular weight excluding hydrogens is 334 g/mol. The van der Waals surface area contributed by atoms with E-state index in [2.05, 4.69) is 4.98 Å². The van der Waals surface area contributed by atoms with Gasteiger partial charge in [-0.3, -0.25) is 0 Å². The van der Waals surface area contributed by atoms with Gasteiger partial charge in [0.15, 0.2) is 0 Å². The van der Waals surface area contributed by atoms with Crippen molar-refractivity contribution in [1.29, 1.82) is 0 Å². The normalized spacial score (nSPS) is 23.1. The van der Waals surface area contributed by atoms with Crippen molar-refractivity contribution < 1.29 is 23.8 Å². The Morgan fingerprint density at radius 2 is 1.88 bits per heavy atom. The van der Waals surface area contributed by atoms with Gasteiger partial charge >= 0.3 is 5.97 Å². The summed E-state index contributed by atoms with van der Waals surface area (Å²) in [5, 5.41) is 9.08. The van der Waals surface area contributed by atoms with Crippen LogP contribution in [0.2, 0.25) is 0 Å². The number of aryl methyl sites for hydroxylation is 3. The molecule has 2 aromatic rings. The van der Waals surface area contributed by atoms with Crippen molar-refractivity contribution >= 4 is 5.97 Å². The van der Waals surface area contributed by atoms with Gasteiger partial charge in [0.2, 0.25) is 5.89 Å². The standard InChI is InChI=1S/C20H25NO5/c1-13-7-9-16(10-8-13)18-21-17(14(2)26-18)6-4-5-15-11-24-20(3,19(22)23)25-12-15/h7-10,15H,4-6,11-12H2,1-3H3,(H,22,23). The summed E-state index contributed by atoms with van der Waals surface area (Å²) in [6.07, 6.45) is 2.62. The quantitative estimate of drug-likeness (QED) is 0.846. The first-order valence-electron chi connectivity index (χ1n) is 8.92. The third-order valence-electron chi connectivity index (χ3n) is 4.79. The van der Waals surface area contributed by atoms with Crippen LogP contribution in [0.4, 0.5) is 0 Å². The van der Waals surface area contributed by atoms with E-state index in [-0.39, 0.29) is 5.92 Å². The third-order valence-corrected chi connectivity index (χ3v) is 4.79. The Morgan fingerprint density at radius 1 is 1.23 bits per heavy atom. The molecule has 0 saturated carbocycles. The summed E-state index contributed by atoms with van der Waals surface area (Å²) in [5.41, 5.74) is 3.15. The molecule has 6 nitrogen and oxygen atoms in total. The van der Waals surface area contributed by atoms with E-state index in [1.54, 1.807) is 0 Å². The summed E-state index contributed by atoms with van der Waals surface area (Å²) in [6.45, 7) is 6.22. The smallest absolute Gasteiger partial charge is 0.364 e. The molecule has 1 saturated heterocycles. The molecular formula is C20H25NO5. The van der Waals surface area contributed by atoms with Crippen molar-refractivity contribution in [3.05, 3.63) is 41.3 Å². The zero-order chi connectivity index (χ0) is 18.7. The average Bonchev–Trinajstić information content (AvgIpc) is 2.98. The van der Waals surface area contributed by atoms with Crippen LogP contribution in [0.5, 0.6) is 0 Å². The Morgan fingerprint density at radius 3 is 2.50 bits per heavy atom. The van der Waals surface area contributed by atoms with Gasteiger partial charge < -0.3 is 19.0 Å².